The third kappa shape index (κ3) is 3.88. The first kappa shape index (κ1) is 13.1. The van der Waals surface area contributed by atoms with Crippen LogP contribution in [0.2, 0.25) is 0 Å². The van der Waals surface area contributed by atoms with Crippen LogP contribution in [0, 0.1) is 0 Å². The first-order chi connectivity index (χ1) is 7.65. The van der Waals surface area contributed by atoms with Gasteiger partial charge in [0.2, 0.25) is 0 Å². The summed E-state index contributed by atoms with van der Waals surface area (Å²) in [6, 6.07) is 6.02. The Kier molecular flexibility index (Phi) is 5.37. The molecule has 0 amide bonds. The highest BCUT2D eigenvalue weighted by Crippen LogP contribution is 2.24. The van der Waals surface area contributed by atoms with E-state index in [1.807, 2.05) is 12.1 Å². The SMILES string of the molecule is CCCCCCc1cc(C(C)C)ccc1O. The summed E-state index contributed by atoms with van der Waals surface area (Å²) in [6.07, 6.45) is 6.01. The topological polar surface area (TPSA) is 20.2 Å². The Morgan fingerprint density at radius 3 is 2.50 bits per heavy atom. The fraction of sp³-hybridized carbons (Fsp3) is 0.600. The average molecular weight is 220 g/mol. The minimum Gasteiger partial charge on any atom is -0.508 e. The van der Waals surface area contributed by atoms with Crippen molar-refractivity contribution in [2.45, 2.75) is 58.8 Å². The highest BCUT2D eigenvalue weighted by atomic mass is 16.3. The van der Waals surface area contributed by atoms with E-state index in [9.17, 15) is 5.11 Å². The van der Waals surface area contributed by atoms with Gasteiger partial charge in [-0.05, 0) is 36.0 Å². The zero-order chi connectivity index (χ0) is 12.0. The van der Waals surface area contributed by atoms with Crippen molar-refractivity contribution in [2.75, 3.05) is 0 Å². The molecule has 1 nitrogen and oxygen atoms in total. The predicted molar refractivity (Wildman–Crippen MR) is 70.0 cm³/mol. The van der Waals surface area contributed by atoms with Gasteiger partial charge in [0.05, 0.1) is 0 Å². The molecule has 0 atom stereocenters. The number of benzene rings is 1. The minimum atomic E-state index is 0.459. The maximum absolute atomic E-state index is 9.77. The van der Waals surface area contributed by atoms with E-state index < -0.39 is 0 Å². The maximum atomic E-state index is 9.77. The van der Waals surface area contributed by atoms with Gasteiger partial charge in [-0.25, -0.2) is 0 Å². The van der Waals surface area contributed by atoms with E-state index in [0.717, 1.165) is 12.0 Å². The Balaban J connectivity index is 2.60. The van der Waals surface area contributed by atoms with Crippen LogP contribution in [0.25, 0.3) is 0 Å². The van der Waals surface area contributed by atoms with Crippen LogP contribution >= 0.6 is 0 Å². The Hall–Kier alpha value is -0.980. The van der Waals surface area contributed by atoms with Gasteiger partial charge >= 0.3 is 0 Å². The zero-order valence-electron chi connectivity index (χ0n) is 10.8. The molecule has 1 heteroatoms. The molecule has 0 radical (unpaired) electrons. The first-order valence-corrected chi connectivity index (χ1v) is 6.47. The van der Waals surface area contributed by atoms with Crippen molar-refractivity contribution in [3.63, 3.8) is 0 Å². The number of unbranched alkanes of at least 4 members (excludes halogenated alkanes) is 3. The van der Waals surface area contributed by atoms with Crippen LogP contribution in [0.5, 0.6) is 5.75 Å². The molecule has 1 rings (SSSR count). The van der Waals surface area contributed by atoms with E-state index in [1.54, 1.807) is 0 Å². The number of hydrogen-bond donors (Lipinski definition) is 1. The van der Waals surface area contributed by atoms with Crippen LogP contribution in [0.4, 0.5) is 0 Å². The second-order valence-electron chi connectivity index (χ2n) is 4.85. The van der Waals surface area contributed by atoms with Crippen LogP contribution < -0.4 is 0 Å². The Bertz CT molecular complexity index is 315. The van der Waals surface area contributed by atoms with E-state index in [1.165, 1.54) is 31.2 Å². The van der Waals surface area contributed by atoms with Gasteiger partial charge in [-0.2, -0.15) is 0 Å². The van der Waals surface area contributed by atoms with Gasteiger partial charge in [-0.15, -0.1) is 0 Å². The second kappa shape index (κ2) is 6.57. The average Bonchev–Trinajstić information content (AvgIpc) is 2.26. The van der Waals surface area contributed by atoms with Gasteiger partial charge in [0, 0.05) is 0 Å². The van der Waals surface area contributed by atoms with Gasteiger partial charge in [-0.3, -0.25) is 0 Å². The van der Waals surface area contributed by atoms with Crippen molar-refractivity contribution < 1.29 is 5.11 Å². The van der Waals surface area contributed by atoms with E-state index in [2.05, 4.69) is 26.8 Å². The summed E-state index contributed by atoms with van der Waals surface area (Å²) < 4.78 is 0. The standard InChI is InChI=1S/C15H24O/c1-4-5-6-7-8-14-11-13(12(2)3)9-10-15(14)16/h9-12,16H,4-8H2,1-3H3. The lowest BCUT2D eigenvalue weighted by Gasteiger charge is -2.10. The maximum Gasteiger partial charge on any atom is 0.118 e. The van der Waals surface area contributed by atoms with Gasteiger partial charge in [-0.1, -0.05) is 52.2 Å². The summed E-state index contributed by atoms with van der Waals surface area (Å²) in [7, 11) is 0. The third-order valence-electron chi connectivity index (χ3n) is 3.07. The van der Waals surface area contributed by atoms with E-state index in [-0.39, 0.29) is 0 Å². The monoisotopic (exact) mass is 220 g/mol. The van der Waals surface area contributed by atoms with Crippen molar-refractivity contribution in [2.24, 2.45) is 0 Å². The van der Waals surface area contributed by atoms with Gasteiger partial charge < -0.3 is 5.11 Å². The fourth-order valence-corrected chi connectivity index (χ4v) is 1.91. The van der Waals surface area contributed by atoms with E-state index in [4.69, 9.17) is 0 Å². The third-order valence-corrected chi connectivity index (χ3v) is 3.07. The molecule has 1 aromatic rings. The van der Waals surface area contributed by atoms with Crippen molar-refractivity contribution in [3.05, 3.63) is 29.3 Å². The van der Waals surface area contributed by atoms with Crippen molar-refractivity contribution in [1.82, 2.24) is 0 Å². The normalized spacial score (nSPS) is 11.0. The van der Waals surface area contributed by atoms with Crippen LogP contribution in [-0.4, -0.2) is 5.11 Å². The number of aryl methyl sites for hydroxylation is 1. The van der Waals surface area contributed by atoms with Crippen LogP contribution in [0.3, 0.4) is 0 Å². The summed E-state index contributed by atoms with van der Waals surface area (Å²) in [5.74, 6) is 0.996. The summed E-state index contributed by atoms with van der Waals surface area (Å²) in [4.78, 5) is 0. The number of phenolic OH excluding ortho intramolecular Hbond substituents is 1. The molecule has 0 aliphatic heterocycles. The van der Waals surface area contributed by atoms with Gasteiger partial charge in [0.25, 0.3) is 0 Å². The molecule has 0 heterocycles. The molecule has 90 valence electrons. The zero-order valence-corrected chi connectivity index (χ0v) is 10.8. The lowest BCUT2D eigenvalue weighted by Crippen LogP contribution is -1.92. The molecule has 1 aromatic carbocycles. The molecule has 16 heavy (non-hydrogen) atoms. The molecular weight excluding hydrogens is 196 g/mol. The molecule has 0 saturated heterocycles. The van der Waals surface area contributed by atoms with E-state index in [0.29, 0.717) is 11.7 Å². The molecule has 0 aliphatic carbocycles. The first-order valence-electron chi connectivity index (χ1n) is 6.47. The minimum absolute atomic E-state index is 0.459. The largest absolute Gasteiger partial charge is 0.508 e. The Labute approximate surface area is 99.5 Å². The molecular formula is C15H24O. The molecule has 0 bridgehead atoms. The fourth-order valence-electron chi connectivity index (χ4n) is 1.91. The number of hydrogen-bond acceptors (Lipinski definition) is 1. The van der Waals surface area contributed by atoms with Crippen LogP contribution in [-0.2, 0) is 6.42 Å². The molecule has 0 spiro atoms. The lowest BCUT2D eigenvalue weighted by atomic mass is 9.97. The highest BCUT2D eigenvalue weighted by Gasteiger charge is 2.05. The lowest BCUT2D eigenvalue weighted by molar-refractivity contribution is 0.465. The summed E-state index contributed by atoms with van der Waals surface area (Å²) >= 11 is 0. The van der Waals surface area contributed by atoms with Gasteiger partial charge in [0.15, 0.2) is 0 Å². The predicted octanol–water partition coefficient (Wildman–Crippen LogP) is 4.64. The number of aromatic hydroxyl groups is 1. The van der Waals surface area contributed by atoms with Crippen molar-refractivity contribution in [1.29, 1.82) is 0 Å². The smallest absolute Gasteiger partial charge is 0.118 e. The summed E-state index contributed by atoms with van der Waals surface area (Å²) in [5.41, 5.74) is 2.44. The summed E-state index contributed by atoms with van der Waals surface area (Å²) in [5, 5.41) is 9.77. The number of phenols is 1. The van der Waals surface area contributed by atoms with Crippen LogP contribution in [0.1, 0.15) is 63.5 Å². The molecule has 0 aliphatic rings. The second-order valence-corrected chi connectivity index (χ2v) is 4.85. The van der Waals surface area contributed by atoms with Crippen LogP contribution in [0.15, 0.2) is 18.2 Å². The van der Waals surface area contributed by atoms with Crippen molar-refractivity contribution >= 4 is 0 Å². The Morgan fingerprint density at radius 1 is 1.12 bits per heavy atom. The molecule has 0 fully saturated rings. The number of rotatable bonds is 6. The van der Waals surface area contributed by atoms with Crippen molar-refractivity contribution in [3.8, 4) is 5.75 Å². The molecule has 1 N–H and O–H groups in total. The summed E-state index contributed by atoms with van der Waals surface area (Å²) in [6.45, 7) is 6.59. The van der Waals surface area contributed by atoms with E-state index >= 15 is 0 Å². The highest BCUT2D eigenvalue weighted by molar-refractivity contribution is 5.37. The van der Waals surface area contributed by atoms with Gasteiger partial charge in [0.1, 0.15) is 5.75 Å². The molecule has 0 saturated carbocycles. The Morgan fingerprint density at radius 2 is 1.88 bits per heavy atom. The molecule has 0 aromatic heterocycles. The molecule has 0 unspecified atom stereocenters. The quantitative estimate of drug-likeness (QED) is 0.692.